The van der Waals surface area contributed by atoms with Gasteiger partial charge in [0, 0.05) is 29.1 Å². The largest absolute Gasteiger partial charge is 0.325 e. The van der Waals surface area contributed by atoms with Crippen LogP contribution in [-0.4, -0.2) is 52.1 Å². The van der Waals surface area contributed by atoms with E-state index in [9.17, 15) is 4.79 Å². The number of hydrogen-bond acceptors (Lipinski definition) is 4. The fourth-order valence-corrected chi connectivity index (χ4v) is 5.11. The van der Waals surface area contributed by atoms with Gasteiger partial charge in [0.05, 0.1) is 12.2 Å². The van der Waals surface area contributed by atoms with Crippen LogP contribution in [0, 0.1) is 0 Å². The predicted octanol–water partition coefficient (Wildman–Crippen LogP) is 1.78. The van der Waals surface area contributed by atoms with Crippen molar-refractivity contribution in [2.24, 2.45) is 0 Å². The zero-order chi connectivity index (χ0) is 12.3. The molecule has 0 radical (unpaired) electrons. The maximum absolute atomic E-state index is 12.2. The van der Waals surface area contributed by atoms with Crippen LogP contribution in [0.1, 0.15) is 26.7 Å². The van der Waals surface area contributed by atoms with Gasteiger partial charge < -0.3 is 4.90 Å². The van der Waals surface area contributed by atoms with Crippen molar-refractivity contribution in [2.45, 2.75) is 44.1 Å². The quantitative estimate of drug-likeness (QED) is 0.847. The molecule has 3 nitrogen and oxygen atoms in total. The Bertz CT molecular complexity index is 269. The maximum atomic E-state index is 12.2. The summed E-state index contributed by atoms with van der Waals surface area (Å²) in [7, 11) is 0. The molecule has 1 N–H and O–H groups in total. The first-order valence-corrected chi connectivity index (χ1v) is 8.68. The van der Waals surface area contributed by atoms with Gasteiger partial charge in [-0.3, -0.25) is 10.1 Å². The first-order chi connectivity index (χ1) is 8.22. The third kappa shape index (κ3) is 3.32. The molecular formula is C12H22N2OS2. The van der Waals surface area contributed by atoms with E-state index in [2.05, 4.69) is 19.2 Å². The standard InChI is InChI=1S/C12H22N2OS2/c1-3-4-11-12(15)14(9(2)13-11)7-10-8-16-5-6-17-10/h9-11,13H,3-8H2,1-2H3. The highest BCUT2D eigenvalue weighted by Crippen LogP contribution is 2.26. The Kier molecular flexibility index (Phi) is 5.06. The van der Waals surface area contributed by atoms with Gasteiger partial charge >= 0.3 is 0 Å². The average Bonchev–Trinajstić information content (AvgIpc) is 2.59. The Hall–Kier alpha value is 0.130. The van der Waals surface area contributed by atoms with Crippen LogP contribution in [0.15, 0.2) is 0 Å². The van der Waals surface area contributed by atoms with Gasteiger partial charge in [-0.15, -0.1) is 0 Å². The van der Waals surface area contributed by atoms with Crippen LogP contribution >= 0.6 is 23.5 Å². The van der Waals surface area contributed by atoms with Crippen LogP contribution in [0.4, 0.5) is 0 Å². The average molecular weight is 274 g/mol. The highest BCUT2D eigenvalue weighted by atomic mass is 32.2. The normalized spacial score (nSPS) is 34.4. The van der Waals surface area contributed by atoms with E-state index in [1.54, 1.807) is 0 Å². The van der Waals surface area contributed by atoms with E-state index in [-0.39, 0.29) is 12.2 Å². The Balaban J connectivity index is 1.88. The SMILES string of the molecule is CCCC1NC(C)N(CC2CSCCS2)C1=O. The van der Waals surface area contributed by atoms with Crippen LogP contribution < -0.4 is 5.32 Å². The molecule has 2 fully saturated rings. The molecule has 2 rings (SSSR count). The molecule has 3 atom stereocenters. The molecule has 0 aromatic rings. The molecule has 2 saturated heterocycles. The summed E-state index contributed by atoms with van der Waals surface area (Å²) in [5, 5.41) is 4.03. The third-order valence-electron chi connectivity index (χ3n) is 3.35. The molecule has 2 heterocycles. The predicted molar refractivity (Wildman–Crippen MR) is 76.6 cm³/mol. The van der Waals surface area contributed by atoms with Gasteiger partial charge in [0.1, 0.15) is 0 Å². The van der Waals surface area contributed by atoms with E-state index in [1.807, 2.05) is 28.4 Å². The fourth-order valence-electron chi connectivity index (χ4n) is 2.45. The molecule has 0 saturated carbocycles. The summed E-state index contributed by atoms with van der Waals surface area (Å²) < 4.78 is 0. The molecule has 0 bridgehead atoms. The maximum Gasteiger partial charge on any atom is 0.241 e. The summed E-state index contributed by atoms with van der Waals surface area (Å²) in [6, 6.07) is 0.0660. The van der Waals surface area contributed by atoms with Crippen molar-refractivity contribution in [3.05, 3.63) is 0 Å². The van der Waals surface area contributed by atoms with Crippen molar-refractivity contribution >= 4 is 29.4 Å². The first kappa shape index (κ1) is 13.6. The lowest BCUT2D eigenvalue weighted by Gasteiger charge is -2.28. The van der Waals surface area contributed by atoms with E-state index < -0.39 is 0 Å². The molecule has 1 amide bonds. The van der Waals surface area contributed by atoms with Gasteiger partial charge in [0.2, 0.25) is 5.91 Å². The lowest BCUT2D eigenvalue weighted by Crippen LogP contribution is -2.40. The van der Waals surface area contributed by atoms with Crippen molar-refractivity contribution in [1.82, 2.24) is 10.2 Å². The highest BCUT2D eigenvalue weighted by molar-refractivity contribution is 8.06. The Labute approximate surface area is 112 Å². The molecule has 2 aliphatic heterocycles. The summed E-state index contributed by atoms with van der Waals surface area (Å²) in [5.41, 5.74) is 0. The number of nitrogens with zero attached hydrogens (tertiary/aromatic N) is 1. The smallest absolute Gasteiger partial charge is 0.241 e. The molecule has 0 aliphatic carbocycles. The minimum atomic E-state index is 0.0660. The van der Waals surface area contributed by atoms with Gasteiger partial charge in [-0.2, -0.15) is 23.5 Å². The number of amides is 1. The van der Waals surface area contributed by atoms with Gasteiger partial charge in [0.15, 0.2) is 0 Å². The van der Waals surface area contributed by atoms with Crippen LogP contribution in [-0.2, 0) is 4.79 Å². The minimum Gasteiger partial charge on any atom is -0.325 e. The van der Waals surface area contributed by atoms with Gasteiger partial charge in [-0.1, -0.05) is 13.3 Å². The van der Waals surface area contributed by atoms with Crippen molar-refractivity contribution in [1.29, 1.82) is 0 Å². The summed E-state index contributed by atoms with van der Waals surface area (Å²) in [6.45, 7) is 5.16. The topological polar surface area (TPSA) is 32.3 Å². The lowest BCUT2D eigenvalue weighted by molar-refractivity contribution is -0.129. The van der Waals surface area contributed by atoms with Crippen LogP contribution in [0.2, 0.25) is 0 Å². The van der Waals surface area contributed by atoms with Gasteiger partial charge in [0.25, 0.3) is 0 Å². The third-order valence-corrected chi connectivity index (χ3v) is 6.18. The minimum absolute atomic E-state index is 0.0660. The molecule has 98 valence electrons. The van der Waals surface area contributed by atoms with Gasteiger partial charge in [-0.05, 0) is 13.3 Å². The van der Waals surface area contributed by atoms with Gasteiger partial charge in [-0.25, -0.2) is 0 Å². The number of rotatable bonds is 4. The van der Waals surface area contributed by atoms with Crippen LogP contribution in [0.3, 0.4) is 0 Å². The molecule has 17 heavy (non-hydrogen) atoms. The second-order valence-electron chi connectivity index (χ2n) is 4.74. The van der Waals surface area contributed by atoms with Crippen molar-refractivity contribution < 1.29 is 4.79 Å². The zero-order valence-corrected chi connectivity index (χ0v) is 12.3. The summed E-state index contributed by atoms with van der Waals surface area (Å²) in [6.07, 6.45) is 2.25. The molecule has 0 aromatic carbocycles. The summed E-state index contributed by atoms with van der Waals surface area (Å²) in [5.74, 6) is 4.01. The van der Waals surface area contributed by atoms with Crippen LogP contribution in [0.25, 0.3) is 0 Å². The van der Waals surface area contributed by atoms with E-state index >= 15 is 0 Å². The number of thioether (sulfide) groups is 2. The summed E-state index contributed by atoms with van der Waals surface area (Å²) in [4.78, 5) is 14.3. The summed E-state index contributed by atoms with van der Waals surface area (Å²) >= 11 is 4.05. The Morgan fingerprint density at radius 2 is 2.29 bits per heavy atom. The second kappa shape index (κ2) is 6.34. The van der Waals surface area contributed by atoms with E-state index in [4.69, 9.17) is 0 Å². The fraction of sp³-hybridized carbons (Fsp3) is 0.917. The van der Waals surface area contributed by atoms with E-state index in [0.29, 0.717) is 11.2 Å². The number of carbonyl (C=O) groups is 1. The monoisotopic (exact) mass is 274 g/mol. The molecule has 0 spiro atoms. The molecule has 2 aliphatic rings. The van der Waals surface area contributed by atoms with Crippen LogP contribution in [0.5, 0.6) is 0 Å². The molecular weight excluding hydrogens is 252 g/mol. The highest BCUT2D eigenvalue weighted by Gasteiger charge is 2.36. The Morgan fingerprint density at radius 1 is 1.47 bits per heavy atom. The van der Waals surface area contributed by atoms with Crippen molar-refractivity contribution in [3.8, 4) is 0 Å². The second-order valence-corrected chi connectivity index (χ2v) is 7.30. The molecule has 0 aromatic heterocycles. The zero-order valence-electron chi connectivity index (χ0n) is 10.6. The van der Waals surface area contributed by atoms with Crippen molar-refractivity contribution in [2.75, 3.05) is 23.8 Å². The first-order valence-electron chi connectivity index (χ1n) is 6.48. The van der Waals surface area contributed by atoms with E-state index in [0.717, 1.165) is 19.4 Å². The van der Waals surface area contributed by atoms with Crippen molar-refractivity contribution in [3.63, 3.8) is 0 Å². The Morgan fingerprint density at radius 3 is 2.94 bits per heavy atom. The molecule has 5 heteroatoms. The van der Waals surface area contributed by atoms with E-state index in [1.165, 1.54) is 17.3 Å². The number of nitrogens with one attached hydrogen (secondary N) is 1. The number of hydrogen-bond donors (Lipinski definition) is 1. The molecule has 3 unspecified atom stereocenters. The number of carbonyl (C=O) groups excluding carboxylic acids is 1. The lowest BCUT2D eigenvalue weighted by atomic mass is 10.2.